The van der Waals surface area contributed by atoms with Crippen molar-refractivity contribution in [3.8, 4) is 0 Å². The molecule has 0 unspecified atom stereocenters. The summed E-state index contributed by atoms with van der Waals surface area (Å²) < 4.78 is 13.5. The summed E-state index contributed by atoms with van der Waals surface area (Å²) in [6, 6.07) is 3.68. The molecule has 0 heterocycles. The zero-order valence-corrected chi connectivity index (χ0v) is 8.91. The van der Waals surface area contributed by atoms with Crippen molar-refractivity contribution in [2.24, 2.45) is 11.7 Å². The van der Waals surface area contributed by atoms with E-state index in [0.717, 1.165) is 12.8 Å². The van der Waals surface area contributed by atoms with Gasteiger partial charge in [0.25, 0.3) is 0 Å². The Morgan fingerprint density at radius 3 is 2.67 bits per heavy atom. The Hall–Kier alpha value is -0.640. The van der Waals surface area contributed by atoms with E-state index in [1.54, 1.807) is 6.07 Å². The normalized spacial score (nSPS) is 20.0. The van der Waals surface area contributed by atoms with Gasteiger partial charge in [0, 0.05) is 10.6 Å². The Bertz CT molecular complexity index is 368. The zero-order chi connectivity index (χ0) is 11.0. The van der Waals surface area contributed by atoms with Crippen molar-refractivity contribution in [3.05, 3.63) is 34.6 Å². The van der Waals surface area contributed by atoms with E-state index in [1.165, 1.54) is 12.1 Å². The van der Waals surface area contributed by atoms with Crippen molar-refractivity contribution >= 4 is 11.6 Å². The molecule has 3 N–H and O–H groups in total. The maximum Gasteiger partial charge on any atom is 0.129 e. The first-order valence-corrected chi connectivity index (χ1v) is 5.36. The molecule has 4 heteroatoms. The highest BCUT2D eigenvalue weighted by Crippen LogP contribution is 2.37. The lowest BCUT2D eigenvalue weighted by Gasteiger charge is -2.19. The van der Waals surface area contributed by atoms with Crippen LogP contribution < -0.4 is 5.73 Å². The smallest absolute Gasteiger partial charge is 0.129 e. The van der Waals surface area contributed by atoms with Gasteiger partial charge in [-0.1, -0.05) is 17.7 Å². The monoisotopic (exact) mass is 229 g/mol. The summed E-state index contributed by atoms with van der Waals surface area (Å²) in [7, 11) is 0. The fourth-order valence-electron chi connectivity index (χ4n) is 1.69. The van der Waals surface area contributed by atoms with Crippen LogP contribution in [0.1, 0.15) is 24.4 Å². The van der Waals surface area contributed by atoms with E-state index in [9.17, 15) is 9.50 Å². The van der Waals surface area contributed by atoms with Crippen LogP contribution in [0.2, 0.25) is 5.02 Å². The summed E-state index contributed by atoms with van der Waals surface area (Å²) in [6.07, 6.45) is 1.30. The Labute approximate surface area is 92.9 Å². The molecule has 0 bridgehead atoms. The van der Waals surface area contributed by atoms with E-state index in [-0.39, 0.29) is 5.92 Å². The van der Waals surface area contributed by atoms with Gasteiger partial charge in [0.05, 0.1) is 12.1 Å². The highest BCUT2D eigenvalue weighted by molar-refractivity contribution is 6.30. The number of hydrogen-bond donors (Lipinski definition) is 2. The number of aliphatic hydroxyl groups is 1. The summed E-state index contributed by atoms with van der Waals surface area (Å²) in [5, 5.41) is 10.1. The zero-order valence-electron chi connectivity index (χ0n) is 8.16. The van der Waals surface area contributed by atoms with E-state index in [0.29, 0.717) is 10.6 Å². The van der Waals surface area contributed by atoms with Gasteiger partial charge in [-0.05, 0) is 30.9 Å². The molecule has 1 aliphatic carbocycles. The molecule has 0 amide bonds. The third-order valence-corrected chi connectivity index (χ3v) is 3.03. The fourth-order valence-corrected chi connectivity index (χ4v) is 1.85. The van der Waals surface area contributed by atoms with Crippen LogP contribution in [-0.4, -0.2) is 11.2 Å². The van der Waals surface area contributed by atoms with E-state index in [2.05, 4.69) is 0 Å². The van der Waals surface area contributed by atoms with Gasteiger partial charge in [0.15, 0.2) is 0 Å². The summed E-state index contributed by atoms with van der Waals surface area (Å²) in [6.45, 7) is 0. The van der Waals surface area contributed by atoms with Gasteiger partial charge in [-0.2, -0.15) is 0 Å². The molecule has 1 aromatic carbocycles. The third-order valence-electron chi connectivity index (χ3n) is 2.79. The Kier molecular flexibility index (Phi) is 2.96. The maximum absolute atomic E-state index is 13.5. The minimum absolute atomic E-state index is 0.232. The van der Waals surface area contributed by atoms with Crippen LogP contribution in [0, 0.1) is 11.7 Å². The molecule has 1 aromatic rings. The SMILES string of the molecule is N[C@@H](c1ccc(Cl)cc1F)[C@H](O)C1CC1. The maximum atomic E-state index is 13.5. The number of benzene rings is 1. The number of rotatable bonds is 3. The van der Waals surface area contributed by atoms with Crippen LogP contribution in [0.3, 0.4) is 0 Å². The van der Waals surface area contributed by atoms with Gasteiger partial charge in [-0.25, -0.2) is 4.39 Å². The topological polar surface area (TPSA) is 46.2 Å². The van der Waals surface area contributed by atoms with Crippen LogP contribution >= 0.6 is 11.6 Å². The van der Waals surface area contributed by atoms with Crippen molar-refractivity contribution in [2.75, 3.05) is 0 Å². The molecule has 15 heavy (non-hydrogen) atoms. The molecule has 1 saturated carbocycles. The lowest BCUT2D eigenvalue weighted by Crippen LogP contribution is -2.28. The van der Waals surface area contributed by atoms with Crippen molar-refractivity contribution in [2.45, 2.75) is 25.0 Å². The second-order valence-electron chi connectivity index (χ2n) is 4.02. The van der Waals surface area contributed by atoms with Crippen LogP contribution in [0.5, 0.6) is 0 Å². The molecule has 0 radical (unpaired) electrons. The average Bonchev–Trinajstić information content (AvgIpc) is 2.99. The predicted molar refractivity (Wildman–Crippen MR) is 57.1 cm³/mol. The standard InChI is InChI=1S/C11H13ClFNO/c12-7-3-4-8(9(13)5-7)10(14)11(15)6-1-2-6/h3-6,10-11,15H,1-2,14H2/t10-,11+/m0/s1. The predicted octanol–water partition coefficient (Wildman–Crippen LogP) is 2.25. The minimum atomic E-state index is -0.658. The summed E-state index contributed by atoms with van der Waals surface area (Å²) in [5.74, 6) is -0.218. The van der Waals surface area contributed by atoms with Gasteiger partial charge < -0.3 is 10.8 Å². The number of nitrogens with two attached hydrogens (primary N) is 1. The van der Waals surface area contributed by atoms with Gasteiger partial charge in [0.1, 0.15) is 5.82 Å². The highest BCUT2D eigenvalue weighted by atomic mass is 35.5. The van der Waals surface area contributed by atoms with Crippen molar-refractivity contribution < 1.29 is 9.50 Å². The second kappa shape index (κ2) is 4.08. The van der Waals surface area contributed by atoms with Crippen LogP contribution in [-0.2, 0) is 0 Å². The van der Waals surface area contributed by atoms with Gasteiger partial charge in [0.2, 0.25) is 0 Å². The molecule has 2 nitrogen and oxygen atoms in total. The van der Waals surface area contributed by atoms with Crippen LogP contribution in [0.4, 0.5) is 4.39 Å². The average molecular weight is 230 g/mol. The quantitative estimate of drug-likeness (QED) is 0.835. The molecule has 0 spiro atoms. The van der Waals surface area contributed by atoms with Crippen molar-refractivity contribution in [1.82, 2.24) is 0 Å². The number of aliphatic hydroxyl groups excluding tert-OH is 1. The Morgan fingerprint density at radius 1 is 1.47 bits per heavy atom. The Balaban J connectivity index is 2.20. The lowest BCUT2D eigenvalue weighted by molar-refractivity contribution is 0.121. The van der Waals surface area contributed by atoms with E-state index < -0.39 is 18.0 Å². The van der Waals surface area contributed by atoms with Crippen molar-refractivity contribution in [1.29, 1.82) is 0 Å². The first-order valence-electron chi connectivity index (χ1n) is 4.98. The lowest BCUT2D eigenvalue weighted by atomic mass is 9.99. The van der Waals surface area contributed by atoms with Crippen molar-refractivity contribution in [3.63, 3.8) is 0 Å². The molecule has 0 saturated heterocycles. The van der Waals surface area contributed by atoms with E-state index >= 15 is 0 Å². The fraction of sp³-hybridized carbons (Fsp3) is 0.455. The van der Waals surface area contributed by atoms with E-state index in [1.807, 2.05) is 0 Å². The molecule has 0 aromatic heterocycles. The largest absolute Gasteiger partial charge is 0.391 e. The van der Waals surface area contributed by atoms with Crippen LogP contribution in [0.25, 0.3) is 0 Å². The minimum Gasteiger partial charge on any atom is -0.391 e. The summed E-state index contributed by atoms with van der Waals surface area (Å²) >= 11 is 5.63. The van der Waals surface area contributed by atoms with Gasteiger partial charge in [-0.15, -0.1) is 0 Å². The molecular formula is C11H13ClFNO. The first kappa shape index (κ1) is 10.9. The molecule has 2 rings (SSSR count). The van der Waals surface area contributed by atoms with Crippen LogP contribution in [0.15, 0.2) is 18.2 Å². The molecule has 0 aliphatic heterocycles. The molecule has 1 aliphatic rings. The second-order valence-corrected chi connectivity index (χ2v) is 4.46. The number of halogens is 2. The summed E-state index contributed by atoms with van der Waals surface area (Å²) in [5.41, 5.74) is 6.13. The Morgan fingerprint density at radius 2 is 2.13 bits per heavy atom. The van der Waals surface area contributed by atoms with E-state index in [4.69, 9.17) is 17.3 Å². The molecule has 2 atom stereocenters. The molecule has 82 valence electrons. The first-order chi connectivity index (χ1) is 7.09. The van der Waals surface area contributed by atoms with Gasteiger partial charge >= 0.3 is 0 Å². The summed E-state index contributed by atoms with van der Waals surface area (Å²) in [4.78, 5) is 0. The highest BCUT2D eigenvalue weighted by Gasteiger charge is 2.35. The molecule has 1 fully saturated rings. The number of hydrogen-bond acceptors (Lipinski definition) is 2. The molecular weight excluding hydrogens is 217 g/mol. The third kappa shape index (κ3) is 2.30. The van der Waals surface area contributed by atoms with Gasteiger partial charge in [-0.3, -0.25) is 0 Å².